The molecule has 0 aliphatic carbocycles. The zero-order valence-electron chi connectivity index (χ0n) is 24.5. The van der Waals surface area contributed by atoms with Crippen LogP contribution in [0.2, 0.25) is 0 Å². The van der Waals surface area contributed by atoms with E-state index in [1.54, 1.807) is 6.92 Å². The molecule has 0 radical (unpaired) electrons. The molecule has 1 rings (SSSR count). The predicted molar refractivity (Wildman–Crippen MR) is 121 cm³/mol. The van der Waals surface area contributed by atoms with Crippen molar-refractivity contribution >= 4 is 5.97 Å². The maximum absolute atomic E-state index is 14.1. The standard InChI is InChI=1S/C25H20F22O3/c1-4-11(2)14(48)49-10-9-12-5-7-13(8-6-12)50-25(46,47)24(44,45)23(42,43)22(40,41)21(38,39)20(36,37)19(34,35)18(32,33)17(30,31)16(28,29)15(3,26)27/h5-8,11H,4,9-10H2,1-3H3. The van der Waals surface area contributed by atoms with Gasteiger partial charge in [0.2, 0.25) is 0 Å². The van der Waals surface area contributed by atoms with Gasteiger partial charge < -0.3 is 9.47 Å². The molecule has 0 saturated heterocycles. The number of hydrogen-bond donors (Lipinski definition) is 0. The molecule has 3 nitrogen and oxygen atoms in total. The molecule has 0 spiro atoms. The highest BCUT2D eigenvalue weighted by atomic mass is 19.4. The van der Waals surface area contributed by atoms with Crippen molar-refractivity contribution in [2.24, 2.45) is 5.92 Å². The van der Waals surface area contributed by atoms with Crippen molar-refractivity contribution in [2.75, 3.05) is 6.61 Å². The van der Waals surface area contributed by atoms with Crippen LogP contribution in [-0.4, -0.2) is 77.9 Å². The van der Waals surface area contributed by atoms with Gasteiger partial charge in [0.1, 0.15) is 5.75 Å². The average Bonchev–Trinajstić information content (AvgIpc) is 2.95. The summed E-state index contributed by atoms with van der Waals surface area (Å²) in [5, 5.41) is 0. The van der Waals surface area contributed by atoms with Crippen LogP contribution in [0.3, 0.4) is 0 Å². The lowest BCUT2D eigenvalue weighted by molar-refractivity contribution is -0.480. The number of esters is 1. The Morgan fingerprint density at radius 2 is 0.880 bits per heavy atom. The zero-order valence-corrected chi connectivity index (χ0v) is 24.5. The number of carbonyl (C=O) groups is 1. The van der Waals surface area contributed by atoms with E-state index < -0.39 is 96.5 Å². The van der Waals surface area contributed by atoms with Crippen molar-refractivity contribution in [3.05, 3.63) is 29.8 Å². The van der Waals surface area contributed by atoms with Crippen LogP contribution < -0.4 is 4.74 Å². The molecule has 0 aromatic heterocycles. The second kappa shape index (κ2) is 13.2. The molecule has 0 N–H and O–H groups in total. The van der Waals surface area contributed by atoms with E-state index in [4.69, 9.17) is 4.74 Å². The van der Waals surface area contributed by atoms with Crippen LogP contribution in [0.4, 0.5) is 96.6 Å². The molecular formula is C25H20F22O3. The van der Waals surface area contributed by atoms with Crippen LogP contribution >= 0.6 is 0 Å². The lowest BCUT2D eigenvalue weighted by Crippen LogP contribution is -2.77. The van der Waals surface area contributed by atoms with Crippen molar-refractivity contribution in [1.29, 1.82) is 0 Å². The third-order valence-corrected chi connectivity index (χ3v) is 6.89. The minimum Gasteiger partial charge on any atom is -0.465 e. The number of halogens is 22. The molecule has 0 saturated carbocycles. The van der Waals surface area contributed by atoms with Crippen LogP contribution in [0, 0.1) is 5.92 Å². The summed E-state index contributed by atoms with van der Waals surface area (Å²) in [7, 11) is 0. The molecule has 1 aromatic carbocycles. The topological polar surface area (TPSA) is 35.5 Å². The minimum atomic E-state index is -9.34. The summed E-state index contributed by atoms with van der Waals surface area (Å²) in [5.41, 5.74) is -0.0214. The highest BCUT2D eigenvalue weighted by molar-refractivity contribution is 5.71. The van der Waals surface area contributed by atoms with E-state index in [9.17, 15) is 101 Å². The Kier molecular flexibility index (Phi) is 11.8. The van der Waals surface area contributed by atoms with Crippen LogP contribution in [0.5, 0.6) is 5.75 Å². The summed E-state index contributed by atoms with van der Waals surface area (Å²) >= 11 is 0. The van der Waals surface area contributed by atoms with Gasteiger partial charge in [-0.3, -0.25) is 4.79 Å². The third-order valence-electron chi connectivity index (χ3n) is 6.89. The van der Waals surface area contributed by atoms with Crippen LogP contribution in [-0.2, 0) is 16.0 Å². The number of alkyl halides is 22. The molecule has 1 unspecified atom stereocenters. The van der Waals surface area contributed by atoms with Gasteiger partial charge in [-0.05, 0) is 24.1 Å². The van der Waals surface area contributed by atoms with E-state index in [1.165, 1.54) is 6.92 Å². The van der Waals surface area contributed by atoms with E-state index >= 15 is 0 Å². The second-order valence-electron chi connectivity index (χ2n) is 10.5. The van der Waals surface area contributed by atoms with Crippen LogP contribution in [0.1, 0.15) is 32.8 Å². The summed E-state index contributed by atoms with van der Waals surface area (Å²) in [6, 6.07) is 1.68. The first-order chi connectivity index (χ1) is 21.8. The molecular weight excluding hydrogens is 766 g/mol. The zero-order chi connectivity index (χ0) is 40.2. The number of ether oxygens (including phenoxy) is 2. The van der Waals surface area contributed by atoms with Gasteiger partial charge in [-0.15, -0.1) is 0 Å². The number of rotatable bonds is 17. The summed E-state index contributed by atoms with van der Waals surface area (Å²) < 4.78 is 311. The Morgan fingerprint density at radius 3 is 1.20 bits per heavy atom. The Labute approximate surface area is 264 Å². The minimum absolute atomic E-state index is 0.0214. The second-order valence-corrected chi connectivity index (χ2v) is 10.5. The van der Waals surface area contributed by atoms with E-state index in [-0.39, 0.29) is 24.1 Å². The summed E-state index contributed by atoms with van der Waals surface area (Å²) in [6.07, 6.45) is -7.16. The number of benzene rings is 1. The lowest BCUT2D eigenvalue weighted by atomic mass is 9.85. The fourth-order valence-corrected chi connectivity index (χ4v) is 3.35. The fraction of sp³-hybridized carbons (Fsp3) is 0.720. The van der Waals surface area contributed by atoms with E-state index in [0.717, 1.165) is 0 Å². The highest BCUT2D eigenvalue weighted by Crippen LogP contribution is 2.67. The number of carbonyl (C=O) groups excluding carboxylic acids is 1. The number of hydrogen-bond acceptors (Lipinski definition) is 3. The summed E-state index contributed by atoms with van der Waals surface area (Å²) in [4.78, 5) is 11.6. The summed E-state index contributed by atoms with van der Waals surface area (Å²) in [5.74, 6) is -89.4. The molecule has 0 aliphatic heterocycles. The first-order valence-corrected chi connectivity index (χ1v) is 12.9. The molecule has 0 amide bonds. The van der Waals surface area contributed by atoms with E-state index in [2.05, 4.69) is 4.74 Å². The van der Waals surface area contributed by atoms with Crippen LogP contribution in [0.15, 0.2) is 24.3 Å². The smallest absolute Gasteiger partial charge is 0.465 e. The van der Waals surface area contributed by atoms with Gasteiger partial charge in [0, 0.05) is 13.3 Å². The molecule has 0 fully saturated rings. The highest BCUT2D eigenvalue weighted by Gasteiger charge is 2.98. The van der Waals surface area contributed by atoms with Gasteiger partial charge in [0.05, 0.1) is 12.5 Å². The van der Waals surface area contributed by atoms with E-state index in [0.29, 0.717) is 18.6 Å². The van der Waals surface area contributed by atoms with Crippen molar-refractivity contribution in [3.8, 4) is 5.75 Å². The largest absolute Gasteiger partial charge is 0.471 e. The van der Waals surface area contributed by atoms with Gasteiger partial charge in [-0.2, -0.15) is 96.6 Å². The van der Waals surface area contributed by atoms with Gasteiger partial charge in [0.15, 0.2) is 0 Å². The van der Waals surface area contributed by atoms with Gasteiger partial charge in [-0.1, -0.05) is 26.0 Å². The van der Waals surface area contributed by atoms with Gasteiger partial charge in [-0.25, -0.2) is 0 Å². The Balaban J connectivity index is 3.52. The normalized spacial score (nSPS) is 15.9. The maximum atomic E-state index is 14.1. The molecule has 50 heavy (non-hydrogen) atoms. The van der Waals surface area contributed by atoms with Gasteiger partial charge in [0.25, 0.3) is 0 Å². The Bertz CT molecular complexity index is 1330. The molecule has 0 bridgehead atoms. The van der Waals surface area contributed by atoms with Crippen molar-refractivity contribution in [3.63, 3.8) is 0 Å². The van der Waals surface area contributed by atoms with Crippen molar-refractivity contribution in [2.45, 2.75) is 98.9 Å². The fourth-order valence-electron chi connectivity index (χ4n) is 3.35. The monoisotopic (exact) mass is 786 g/mol. The molecule has 1 aromatic rings. The average molecular weight is 786 g/mol. The lowest BCUT2D eigenvalue weighted by Gasteiger charge is -2.45. The maximum Gasteiger partial charge on any atom is 0.471 e. The van der Waals surface area contributed by atoms with Crippen molar-refractivity contribution in [1.82, 2.24) is 0 Å². The third kappa shape index (κ3) is 6.69. The molecule has 25 heteroatoms. The Morgan fingerprint density at radius 1 is 0.560 bits per heavy atom. The predicted octanol–water partition coefficient (Wildman–Crippen LogP) is 10.2. The van der Waals surface area contributed by atoms with Crippen LogP contribution in [0.25, 0.3) is 0 Å². The van der Waals surface area contributed by atoms with E-state index in [1.807, 2.05) is 0 Å². The summed E-state index contributed by atoms with van der Waals surface area (Å²) in [6.45, 7) is 1.24. The molecule has 292 valence electrons. The first kappa shape index (κ1) is 45.0. The molecule has 0 heterocycles. The van der Waals surface area contributed by atoms with Gasteiger partial charge >= 0.3 is 71.3 Å². The molecule has 1 atom stereocenters. The molecule has 0 aliphatic rings. The Hall–Kier alpha value is -3.05. The van der Waals surface area contributed by atoms with Crippen molar-refractivity contribution < 1.29 is 111 Å². The quantitative estimate of drug-likeness (QED) is 0.117. The SMILES string of the molecule is CCC(C)C(=O)OCCc1ccc(OC(F)(F)C(F)(F)C(F)(F)C(F)(F)C(F)(F)C(F)(F)C(F)(F)C(F)(F)C(F)(F)C(F)(F)C(C)(F)F)cc1. The first-order valence-electron chi connectivity index (χ1n) is 12.9.